The van der Waals surface area contributed by atoms with E-state index < -0.39 is 0 Å². The predicted molar refractivity (Wildman–Crippen MR) is 80.2 cm³/mol. The largest absolute Gasteiger partial charge is 0.462 e. The van der Waals surface area contributed by atoms with Crippen LogP contribution < -0.4 is 5.32 Å². The van der Waals surface area contributed by atoms with E-state index in [-0.39, 0.29) is 17.3 Å². The lowest BCUT2D eigenvalue weighted by Gasteiger charge is -2.22. The van der Waals surface area contributed by atoms with Gasteiger partial charge in [-0.05, 0) is 32.8 Å². The molecule has 1 N–H and O–H groups in total. The fourth-order valence-electron chi connectivity index (χ4n) is 2.60. The molecule has 4 nitrogen and oxygen atoms in total. The maximum Gasteiger partial charge on any atom is 0.341 e. The van der Waals surface area contributed by atoms with Gasteiger partial charge in [0.15, 0.2) is 0 Å². The molecule has 0 bridgehead atoms. The Labute approximate surface area is 123 Å². The molecule has 1 heterocycles. The first-order chi connectivity index (χ1) is 9.46. The third-order valence-corrected chi connectivity index (χ3v) is 4.80. The smallest absolute Gasteiger partial charge is 0.341 e. The molecule has 1 amide bonds. The summed E-state index contributed by atoms with van der Waals surface area (Å²) in [5.41, 5.74) is 0.161. The van der Waals surface area contributed by atoms with Crippen LogP contribution in [0.25, 0.3) is 0 Å². The van der Waals surface area contributed by atoms with E-state index in [4.69, 9.17) is 4.74 Å². The Bertz CT molecular complexity index is 515. The van der Waals surface area contributed by atoms with Gasteiger partial charge in [-0.3, -0.25) is 4.79 Å². The van der Waals surface area contributed by atoms with Crippen LogP contribution in [0.15, 0.2) is 6.07 Å². The molecule has 0 saturated heterocycles. The minimum Gasteiger partial charge on any atom is -0.462 e. The first-order valence-corrected chi connectivity index (χ1v) is 7.87. The van der Waals surface area contributed by atoms with Gasteiger partial charge < -0.3 is 10.1 Å². The van der Waals surface area contributed by atoms with Crippen molar-refractivity contribution < 1.29 is 14.3 Å². The number of aryl methyl sites for hydroxylation is 1. The molecule has 1 aliphatic rings. The topological polar surface area (TPSA) is 55.4 Å². The van der Waals surface area contributed by atoms with E-state index in [0.29, 0.717) is 17.2 Å². The van der Waals surface area contributed by atoms with Crippen LogP contribution in [0, 0.1) is 12.3 Å². The van der Waals surface area contributed by atoms with Crippen LogP contribution in [0.5, 0.6) is 0 Å². The van der Waals surface area contributed by atoms with Crippen molar-refractivity contribution in [3.05, 3.63) is 16.5 Å². The maximum absolute atomic E-state index is 12.4. The van der Waals surface area contributed by atoms with Gasteiger partial charge >= 0.3 is 5.97 Å². The van der Waals surface area contributed by atoms with Crippen molar-refractivity contribution in [2.24, 2.45) is 5.41 Å². The molecule has 0 atom stereocenters. The van der Waals surface area contributed by atoms with Crippen molar-refractivity contribution in [1.82, 2.24) is 0 Å². The lowest BCUT2D eigenvalue weighted by Crippen LogP contribution is -2.31. The van der Waals surface area contributed by atoms with Crippen LogP contribution in [-0.4, -0.2) is 18.5 Å². The van der Waals surface area contributed by atoms with Gasteiger partial charge in [-0.1, -0.05) is 19.8 Å². The van der Waals surface area contributed by atoms with E-state index in [0.717, 1.165) is 30.6 Å². The molecule has 2 rings (SSSR count). The van der Waals surface area contributed by atoms with E-state index >= 15 is 0 Å². The number of carbonyl (C=O) groups excluding carboxylic acids is 2. The Kier molecular flexibility index (Phi) is 4.48. The van der Waals surface area contributed by atoms with E-state index in [9.17, 15) is 9.59 Å². The van der Waals surface area contributed by atoms with Crippen molar-refractivity contribution in [2.45, 2.75) is 46.5 Å². The Morgan fingerprint density at radius 3 is 2.65 bits per heavy atom. The Morgan fingerprint density at radius 2 is 2.05 bits per heavy atom. The quantitative estimate of drug-likeness (QED) is 0.861. The molecule has 20 heavy (non-hydrogen) atoms. The number of rotatable bonds is 4. The molecule has 1 fully saturated rings. The zero-order valence-corrected chi connectivity index (χ0v) is 13.1. The molecular weight excluding hydrogens is 274 g/mol. The fourth-order valence-corrected chi connectivity index (χ4v) is 3.50. The van der Waals surface area contributed by atoms with Gasteiger partial charge in [0.05, 0.1) is 12.2 Å². The number of amides is 1. The van der Waals surface area contributed by atoms with Gasteiger partial charge in [-0.15, -0.1) is 11.3 Å². The van der Waals surface area contributed by atoms with Crippen LogP contribution in [-0.2, 0) is 9.53 Å². The monoisotopic (exact) mass is 295 g/mol. The van der Waals surface area contributed by atoms with E-state index in [1.807, 2.05) is 13.8 Å². The number of thiophene rings is 1. The fraction of sp³-hybridized carbons (Fsp3) is 0.600. The predicted octanol–water partition coefficient (Wildman–Crippen LogP) is 3.75. The standard InChI is InChI=1S/C15H21NO3S/c1-4-19-13(17)11-9-10(2)20-12(11)16-14(18)15(3)7-5-6-8-15/h9H,4-8H2,1-3H3,(H,16,18). The number of ether oxygens (including phenoxy) is 1. The summed E-state index contributed by atoms with van der Waals surface area (Å²) in [5.74, 6) is -0.355. The van der Waals surface area contributed by atoms with Crippen molar-refractivity contribution >= 4 is 28.2 Å². The number of hydrogen-bond donors (Lipinski definition) is 1. The van der Waals surface area contributed by atoms with Crippen molar-refractivity contribution in [1.29, 1.82) is 0 Å². The number of nitrogens with one attached hydrogen (secondary N) is 1. The first kappa shape index (κ1) is 15.0. The van der Waals surface area contributed by atoms with Crippen molar-refractivity contribution in [2.75, 3.05) is 11.9 Å². The molecule has 110 valence electrons. The summed E-state index contributed by atoms with van der Waals surface area (Å²) in [6, 6.07) is 1.77. The van der Waals surface area contributed by atoms with Gasteiger partial charge in [-0.25, -0.2) is 4.79 Å². The second-order valence-corrected chi connectivity index (χ2v) is 6.80. The summed E-state index contributed by atoms with van der Waals surface area (Å²) in [6.07, 6.45) is 4.02. The van der Waals surface area contributed by atoms with Crippen molar-refractivity contribution in [3.8, 4) is 0 Å². The zero-order valence-electron chi connectivity index (χ0n) is 12.2. The van der Waals surface area contributed by atoms with Crippen molar-refractivity contribution in [3.63, 3.8) is 0 Å². The highest BCUT2D eigenvalue weighted by atomic mass is 32.1. The summed E-state index contributed by atoms with van der Waals surface area (Å²) < 4.78 is 5.03. The molecule has 0 aliphatic heterocycles. The average molecular weight is 295 g/mol. The maximum atomic E-state index is 12.4. The second kappa shape index (κ2) is 5.95. The van der Waals surface area contributed by atoms with Gasteiger partial charge in [0, 0.05) is 10.3 Å². The third kappa shape index (κ3) is 3.03. The minimum absolute atomic E-state index is 0.0161. The van der Waals surface area contributed by atoms with Gasteiger partial charge in [0.1, 0.15) is 5.00 Å². The molecule has 0 aromatic carbocycles. The normalized spacial score (nSPS) is 16.9. The molecule has 1 aromatic rings. The molecule has 0 radical (unpaired) electrons. The summed E-state index contributed by atoms with van der Waals surface area (Å²) >= 11 is 1.42. The summed E-state index contributed by atoms with van der Waals surface area (Å²) in [6.45, 7) is 6.02. The lowest BCUT2D eigenvalue weighted by molar-refractivity contribution is -0.124. The summed E-state index contributed by atoms with van der Waals surface area (Å²) in [4.78, 5) is 25.3. The van der Waals surface area contributed by atoms with Gasteiger partial charge in [-0.2, -0.15) is 0 Å². The molecule has 0 spiro atoms. The minimum atomic E-state index is -0.372. The number of esters is 1. The molecule has 5 heteroatoms. The Hall–Kier alpha value is -1.36. The Morgan fingerprint density at radius 1 is 1.40 bits per heavy atom. The second-order valence-electron chi connectivity index (χ2n) is 5.54. The highest BCUT2D eigenvalue weighted by Crippen LogP contribution is 2.39. The lowest BCUT2D eigenvalue weighted by atomic mass is 9.88. The van der Waals surface area contributed by atoms with Crippen LogP contribution in [0.1, 0.15) is 54.8 Å². The van der Waals surface area contributed by atoms with E-state index in [2.05, 4.69) is 5.32 Å². The number of carbonyl (C=O) groups is 2. The molecule has 1 aliphatic carbocycles. The zero-order chi connectivity index (χ0) is 14.8. The summed E-state index contributed by atoms with van der Waals surface area (Å²) in [7, 11) is 0. The van der Waals surface area contributed by atoms with E-state index in [1.165, 1.54) is 11.3 Å². The molecule has 1 aromatic heterocycles. The van der Waals surface area contributed by atoms with Crippen LogP contribution in [0.4, 0.5) is 5.00 Å². The molecule has 0 unspecified atom stereocenters. The first-order valence-electron chi connectivity index (χ1n) is 7.05. The summed E-state index contributed by atoms with van der Waals surface area (Å²) in [5, 5.41) is 3.54. The Balaban J connectivity index is 2.16. The highest BCUT2D eigenvalue weighted by Gasteiger charge is 2.36. The van der Waals surface area contributed by atoms with Crippen LogP contribution in [0.2, 0.25) is 0 Å². The SMILES string of the molecule is CCOC(=O)c1cc(C)sc1NC(=O)C1(C)CCCC1. The number of hydrogen-bond acceptors (Lipinski definition) is 4. The van der Waals surface area contributed by atoms with E-state index in [1.54, 1.807) is 13.0 Å². The van der Waals surface area contributed by atoms with Crippen LogP contribution >= 0.6 is 11.3 Å². The van der Waals surface area contributed by atoms with Crippen LogP contribution in [0.3, 0.4) is 0 Å². The highest BCUT2D eigenvalue weighted by molar-refractivity contribution is 7.16. The number of anilines is 1. The third-order valence-electron chi connectivity index (χ3n) is 3.83. The average Bonchev–Trinajstić information content (AvgIpc) is 2.97. The van der Waals surface area contributed by atoms with Gasteiger partial charge in [0.2, 0.25) is 5.91 Å². The molecular formula is C15H21NO3S. The van der Waals surface area contributed by atoms with Gasteiger partial charge in [0.25, 0.3) is 0 Å². The molecule has 1 saturated carbocycles.